The van der Waals surface area contributed by atoms with Gasteiger partial charge in [0.1, 0.15) is 0 Å². The van der Waals surface area contributed by atoms with Crippen molar-refractivity contribution in [2.45, 2.75) is 11.8 Å². The van der Waals surface area contributed by atoms with Crippen molar-refractivity contribution in [3.63, 3.8) is 0 Å². The van der Waals surface area contributed by atoms with Crippen molar-refractivity contribution in [1.29, 1.82) is 0 Å². The van der Waals surface area contributed by atoms with Gasteiger partial charge in [0.15, 0.2) is 6.29 Å². The van der Waals surface area contributed by atoms with E-state index in [1.807, 2.05) is 13.0 Å². The number of aldehydes is 1. The zero-order valence-corrected chi connectivity index (χ0v) is 8.45. The van der Waals surface area contributed by atoms with Crippen molar-refractivity contribution in [1.82, 2.24) is 0 Å². The fourth-order valence-electron chi connectivity index (χ4n) is 0.776. The molecule has 0 aliphatic heterocycles. The van der Waals surface area contributed by atoms with Gasteiger partial charge in [0, 0.05) is 14.9 Å². The highest BCUT2D eigenvalue weighted by atomic mass is 79.9. The van der Waals surface area contributed by atoms with Gasteiger partial charge in [0.05, 0.1) is 0 Å². The molecule has 0 N–H and O–H groups in total. The van der Waals surface area contributed by atoms with Gasteiger partial charge in [-0.1, -0.05) is 15.9 Å². The number of rotatable bonds is 1. The third-order valence-electron chi connectivity index (χ3n) is 1.43. The fraction of sp³-hybridized carbons (Fsp3) is 0.125. The summed E-state index contributed by atoms with van der Waals surface area (Å²) in [5.41, 5.74) is 1.70. The highest BCUT2D eigenvalue weighted by Crippen LogP contribution is 2.22. The Morgan fingerprint density at radius 2 is 2.18 bits per heavy atom. The summed E-state index contributed by atoms with van der Waals surface area (Å²) in [6.45, 7) is 1.96. The van der Waals surface area contributed by atoms with Gasteiger partial charge in [-0.2, -0.15) is 0 Å². The molecule has 0 aliphatic rings. The normalized spacial score (nSPS) is 9.73. The Hall–Kier alpha value is -0.280. The summed E-state index contributed by atoms with van der Waals surface area (Å²) < 4.78 is 0.942. The molecule has 1 aromatic rings. The largest absolute Gasteiger partial charge is 0.298 e. The molecule has 0 bridgehead atoms. The summed E-state index contributed by atoms with van der Waals surface area (Å²) >= 11 is 7.47. The molecule has 3 heteroatoms. The Kier molecular flexibility index (Phi) is 2.73. The highest BCUT2D eigenvalue weighted by molar-refractivity contribution is 9.10. The SMILES string of the molecule is Cc1cc(S)c(C=O)cc1Br. The van der Waals surface area contributed by atoms with E-state index in [4.69, 9.17) is 0 Å². The molecule has 0 radical (unpaired) electrons. The average Bonchev–Trinajstić information content (AvgIpc) is 1.97. The lowest BCUT2D eigenvalue weighted by molar-refractivity contribution is 0.112. The molecule has 0 atom stereocenters. The summed E-state index contributed by atoms with van der Waals surface area (Å²) in [5.74, 6) is 0. The summed E-state index contributed by atoms with van der Waals surface area (Å²) in [5, 5.41) is 0. The second-order valence-electron chi connectivity index (χ2n) is 2.28. The smallest absolute Gasteiger partial charge is 0.151 e. The van der Waals surface area contributed by atoms with Crippen LogP contribution in [0.15, 0.2) is 21.5 Å². The monoisotopic (exact) mass is 230 g/mol. The molecule has 1 rings (SSSR count). The van der Waals surface area contributed by atoms with Crippen LogP contribution in [-0.4, -0.2) is 6.29 Å². The maximum atomic E-state index is 10.4. The standard InChI is InChI=1S/C8H7BrOS/c1-5-2-8(11)6(4-10)3-7(5)9/h2-4,11H,1H3. The maximum Gasteiger partial charge on any atom is 0.151 e. The lowest BCUT2D eigenvalue weighted by Gasteiger charge is -2.01. The highest BCUT2D eigenvalue weighted by Gasteiger charge is 2.00. The van der Waals surface area contributed by atoms with Crippen LogP contribution in [0.1, 0.15) is 15.9 Å². The van der Waals surface area contributed by atoms with Crippen molar-refractivity contribution in [3.8, 4) is 0 Å². The Morgan fingerprint density at radius 3 is 2.73 bits per heavy atom. The van der Waals surface area contributed by atoms with Crippen molar-refractivity contribution >= 4 is 34.8 Å². The van der Waals surface area contributed by atoms with Gasteiger partial charge in [0.2, 0.25) is 0 Å². The van der Waals surface area contributed by atoms with Gasteiger partial charge in [-0.15, -0.1) is 12.6 Å². The number of hydrogen-bond donors (Lipinski definition) is 1. The van der Waals surface area contributed by atoms with E-state index in [1.54, 1.807) is 6.07 Å². The number of halogens is 1. The topological polar surface area (TPSA) is 17.1 Å². The predicted octanol–water partition coefficient (Wildman–Crippen LogP) is 2.86. The Morgan fingerprint density at radius 1 is 1.55 bits per heavy atom. The van der Waals surface area contributed by atoms with Crippen LogP contribution in [0.25, 0.3) is 0 Å². The quantitative estimate of drug-likeness (QED) is 0.580. The number of aryl methyl sites for hydroxylation is 1. The van der Waals surface area contributed by atoms with Crippen molar-refractivity contribution in [2.24, 2.45) is 0 Å². The first kappa shape index (κ1) is 8.81. The molecule has 0 amide bonds. The molecule has 11 heavy (non-hydrogen) atoms. The molecule has 0 saturated carbocycles. The van der Waals surface area contributed by atoms with E-state index in [0.717, 1.165) is 21.2 Å². The van der Waals surface area contributed by atoms with Crippen LogP contribution in [0, 0.1) is 6.92 Å². The summed E-state index contributed by atoms with van der Waals surface area (Å²) in [6, 6.07) is 3.63. The molecule has 0 aliphatic carbocycles. The first-order chi connectivity index (χ1) is 5.15. The molecule has 1 aromatic carbocycles. The Bertz CT molecular complexity index is 296. The molecule has 1 nitrogen and oxygen atoms in total. The van der Waals surface area contributed by atoms with Crippen LogP contribution in [0.3, 0.4) is 0 Å². The third kappa shape index (κ3) is 1.84. The van der Waals surface area contributed by atoms with Gasteiger partial charge in [-0.25, -0.2) is 0 Å². The first-order valence-electron chi connectivity index (χ1n) is 3.09. The first-order valence-corrected chi connectivity index (χ1v) is 4.33. The zero-order chi connectivity index (χ0) is 8.43. The summed E-state index contributed by atoms with van der Waals surface area (Å²) in [6.07, 6.45) is 0.798. The van der Waals surface area contributed by atoms with E-state index in [-0.39, 0.29) is 0 Å². The van der Waals surface area contributed by atoms with Crippen molar-refractivity contribution < 1.29 is 4.79 Å². The Balaban J connectivity index is 3.31. The second-order valence-corrected chi connectivity index (χ2v) is 3.61. The lowest BCUT2D eigenvalue weighted by atomic mass is 10.2. The lowest BCUT2D eigenvalue weighted by Crippen LogP contribution is -1.85. The van der Waals surface area contributed by atoms with Crippen LogP contribution < -0.4 is 0 Å². The molecule has 0 fully saturated rings. The fourth-order valence-corrected chi connectivity index (χ4v) is 1.45. The molecule has 0 unspecified atom stereocenters. The summed E-state index contributed by atoms with van der Waals surface area (Å²) in [7, 11) is 0. The van der Waals surface area contributed by atoms with E-state index in [1.165, 1.54) is 0 Å². The second kappa shape index (κ2) is 3.41. The Labute approximate surface area is 79.3 Å². The van der Waals surface area contributed by atoms with Gasteiger partial charge in [0.25, 0.3) is 0 Å². The number of hydrogen-bond acceptors (Lipinski definition) is 2. The van der Waals surface area contributed by atoms with E-state index in [0.29, 0.717) is 5.56 Å². The van der Waals surface area contributed by atoms with E-state index in [2.05, 4.69) is 28.6 Å². The number of benzene rings is 1. The van der Waals surface area contributed by atoms with Gasteiger partial charge >= 0.3 is 0 Å². The van der Waals surface area contributed by atoms with Crippen LogP contribution >= 0.6 is 28.6 Å². The molecule has 0 aromatic heterocycles. The number of carbonyl (C=O) groups is 1. The van der Waals surface area contributed by atoms with E-state index in [9.17, 15) is 4.79 Å². The predicted molar refractivity (Wildman–Crippen MR) is 51.5 cm³/mol. The van der Waals surface area contributed by atoms with Crippen LogP contribution in [-0.2, 0) is 0 Å². The van der Waals surface area contributed by atoms with E-state index < -0.39 is 0 Å². The van der Waals surface area contributed by atoms with Crippen LogP contribution in [0.2, 0.25) is 0 Å². The van der Waals surface area contributed by atoms with Crippen molar-refractivity contribution in [3.05, 3.63) is 27.7 Å². The minimum Gasteiger partial charge on any atom is -0.298 e. The summed E-state index contributed by atoms with van der Waals surface area (Å²) in [4.78, 5) is 11.1. The van der Waals surface area contributed by atoms with Crippen molar-refractivity contribution in [2.75, 3.05) is 0 Å². The molecule has 0 spiro atoms. The minimum atomic E-state index is 0.616. The molecule has 0 heterocycles. The average molecular weight is 231 g/mol. The molecule has 58 valence electrons. The molecule has 0 saturated heterocycles. The van der Waals surface area contributed by atoms with Crippen LogP contribution in [0.5, 0.6) is 0 Å². The minimum absolute atomic E-state index is 0.616. The molecular formula is C8H7BrOS. The zero-order valence-electron chi connectivity index (χ0n) is 5.97. The third-order valence-corrected chi connectivity index (χ3v) is 2.68. The number of carbonyl (C=O) groups excluding carboxylic acids is 1. The van der Waals surface area contributed by atoms with Crippen LogP contribution in [0.4, 0.5) is 0 Å². The van der Waals surface area contributed by atoms with Gasteiger partial charge < -0.3 is 0 Å². The molecular weight excluding hydrogens is 224 g/mol. The van der Waals surface area contributed by atoms with Gasteiger partial charge in [-0.05, 0) is 24.6 Å². The van der Waals surface area contributed by atoms with E-state index >= 15 is 0 Å². The maximum absolute atomic E-state index is 10.4. The van der Waals surface area contributed by atoms with Gasteiger partial charge in [-0.3, -0.25) is 4.79 Å². The number of thiol groups is 1.